The van der Waals surface area contributed by atoms with E-state index in [9.17, 15) is 22.0 Å². The van der Waals surface area contributed by atoms with Crippen molar-refractivity contribution in [2.45, 2.75) is 19.0 Å². The first-order valence-corrected chi connectivity index (χ1v) is 4.16. The fourth-order valence-electron chi connectivity index (χ4n) is 1.24. The van der Waals surface area contributed by atoms with Crippen molar-refractivity contribution in [1.29, 1.82) is 5.26 Å². The third-order valence-corrected chi connectivity index (χ3v) is 2.05. The Morgan fingerprint density at radius 1 is 1.12 bits per heavy atom. The van der Waals surface area contributed by atoms with Gasteiger partial charge in [-0.3, -0.25) is 0 Å². The minimum Gasteiger partial charge on any atom is -0.192 e. The lowest BCUT2D eigenvalue weighted by molar-refractivity contribution is -0.289. The molecular formula is C10H6F5N. The minimum absolute atomic E-state index is 0.0409. The zero-order valence-electron chi connectivity index (χ0n) is 8.07. The molecule has 0 aromatic heterocycles. The van der Waals surface area contributed by atoms with E-state index in [1.54, 1.807) is 6.07 Å². The Kier molecular flexibility index (Phi) is 2.91. The molecule has 0 radical (unpaired) electrons. The quantitative estimate of drug-likeness (QED) is 0.683. The molecule has 0 saturated heterocycles. The van der Waals surface area contributed by atoms with Crippen molar-refractivity contribution in [1.82, 2.24) is 0 Å². The highest BCUT2D eigenvalue weighted by molar-refractivity contribution is 5.39. The first-order valence-electron chi connectivity index (χ1n) is 4.16. The molecule has 0 heterocycles. The molecule has 0 aliphatic carbocycles. The van der Waals surface area contributed by atoms with Gasteiger partial charge in [-0.1, -0.05) is 6.07 Å². The van der Waals surface area contributed by atoms with E-state index in [0.29, 0.717) is 6.07 Å². The van der Waals surface area contributed by atoms with Crippen molar-refractivity contribution < 1.29 is 22.0 Å². The van der Waals surface area contributed by atoms with Gasteiger partial charge < -0.3 is 0 Å². The van der Waals surface area contributed by atoms with Gasteiger partial charge in [-0.15, -0.1) is 0 Å². The van der Waals surface area contributed by atoms with Crippen LogP contribution in [0.15, 0.2) is 18.2 Å². The summed E-state index contributed by atoms with van der Waals surface area (Å²) in [4.78, 5) is 0. The van der Waals surface area contributed by atoms with E-state index in [1.807, 2.05) is 0 Å². The number of hydrogen-bond donors (Lipinski definition) is 0. The van der Waals surface area contributed by atoms with Crippen LogP contribution >= 0.6 is 0 Å². The van der Waals surface area contributed by atoms with Crippen molar-refractivity contribution >= 4 is 0 Å². The maximum atomic E-state index is 13.0. The highest BCUT2D eigenvalue weighted by Gasteiger charge is 2.59. The van der Waals surface area contributed by atoms with Crippen LogP contribution in [0.1, 0.15) is 16.7 Å². The number of halogens is 5. The number of nitrogens with zero attached hydrogens (tertiary/aromatic N) is 1. The minimum atomic E-state index is -5.63. The summed E-state index contributed by atoms with van der Waals surface area (Å²) in [6.07, 6.45) is -5.63. The first kappa shape index (κ1) is 12.4. The number of benzene rings is 1. The second kappa shape index (κ2) is 3.74. The van der Waals surface area contributed by atoms with Gasteiger partial charge in [0.15, 0.2) is 0 Å². The Hall–Kier alpha value is -1.64. The molecule has 86 valence electrons. The van der Waals surface area contributed by atoms with E-state index < -0.39 is 17.7 Å². The van der Waals surface area contributed by atoms with Crippen LogP contribution in [0.5, 0.6) is 0 Å². The van der Waals surface area contributed by atoms with Crippen molar-refractivity contribution in [3.05, 3.63) is 34.9 Å². The summed E-state index contributed by atoms with van der Waals surface area (Å²) in [6.45, 7) is 1.11. The average Bonchev–Trinajstić information content (AvgIpc) is 2.15. The SMILES string of the molecule is Cc1cc(C#N)ccc1C(F)(F)C(F)(F)F. The smallest absolute Gasteiger partial charge is 0.192 e. The molecule has 6 heteroatoms. The molecule has 0 unspecified atom stereocenters. The van der Waals surface area contributed by atoms with Crippen molar-refractivity contribution in [3.8, 4) is 6.07 Å². The zero-order chi connectivity index (χ0) is 12.6. The van der Waals surface area contributed by atoms with Gasteiger partial charge in [-0.25, -0.2) is 0 Å². The van der Waals surface area contributed by atoms with Crippen molar-refractivity contribution in [2.24, 2.45) is 0 Å². The summed E-state index contributed by atoms with van der Waals surface area (Å²) < 4.78 is 62.1. The van der Waals surface area contributed by atoms with Crippen LogP contribution in [0.4, 0.5) is 22.0 Å². The first-order chi connectivity index (χ1) is 7.20. The van der Waals surface area contributed by atoms with E-state index in [1.165, 1.54) is 0 Å². The van der Waals surface area contributed by atoms with Crippen LogP contribution in [0.25, 0.3) is 0 Å². The highest BCUT2D eigenvalue weighted by atomic mass is 19.4. The number of nitriles is 1. The van der Waals surface area contributed by atoms with Gasteiger partial charge in [0, 0.05) is 5.56 Å². The predicted octanol–water partition coefficient (Wildman–Crippen LogP) is 3.52. The van der Waals surface area contributed by atoms with E-state index in [0.717, 1.165) is 19.1 Å². The van der Waals surface area contributed by atoms with Gasteiger partial charge in [0.1, 0.15) is 0 Å². The monoisotopic (exact) mass is 235 g/mol. The topological polar surface area (TPSA) is 23.8 Å². The Labute approximate surface area is 88.1 Å². The average molecular weight is 235 g/mol. The maximum Gasteiger partial charge on any atom is 0.458 e. The molecule has 0 spiro atoms. The molecule has 0 N–H and O–H groups in total. The van der Waals surface area contributed by atoms with Crippen LogP contribution in [0, 0.1) is 18.3 Å². The molecule has 0 aliphatic rings. The third kappa shape index (κ3) is 1.98. The van der Waals surface area contributed by atoms with Crippen molar-refractivity contribution in [3.63, 3.8) is 0 Å². The molecule has 1 aromatic carbocycles. The normalized spacial score (nSPS) is 12.3. The van der Waals surface area contributed by atoms with Gasteiger partial charge in [-0.05, 0) is 24.6 Å². The van der Waals surface area contributed by atoms with Gasteiger partial charge >= 0.3 is 12.1 Å². The van der Waals surface area contributed by atoms with Gasteiger partial charge in [0.05, 0.1) is 11.6 Å². The fourth-order valence-corrected chi connectivity index (χ4v) is 1.24. The van der Waals surface area contributed by atoms with Crippen LogP contribution < -0.4 is 0 Å². The van der Waals surface area contributed by atoms with Crippen LogP contribution in [-0.4, -0.2) is 6.18 Å². The molecule has 0 aliphatic heterocycles. The van der Waals surface area contributed by atoms with Crippen LogP contribution in [0.3, 0.4) is 0 Å². The Balaban J connectivity index is 3.31. The molecular weight excluding hydrogens is 229 g/mol. The molecule has 1 nitrogen and oxygen atoms in total. The summed E-state index contributed by atoms with van der Waals surface area (Å²) in [6, 6.07) is 4.21. The van der Waals surface area contributed by atoms with E-state index in [4.69, 9.17) is 5.26 Å². The van der Waals surface area contributed by atoms with E-state index >= 15 is 0 Å². The Morgan fingerprint density at radius 2 is 1.69 bits per heavy atom. The second-order valence-electron chi connectivity index (χ2n) is 3.21. The Morgan fingerprint density at radius 3 is 2.06 bits per heavy atom. The lowest BCUT2D eigenvalue weighted by atomic mass is 10.00. The second-order valence-corrected chi connectivity index (χ2v) is 3.21. The fraction of sp³-hybridized carbons (Fsp3) is 0.300. The summed E-state index contributed by atoms with van der Waals surface area (Å²) in [5, 5.41) is 8.46. The number of aryl methyl sites for hydroxylation is 1. The molecule has 0 bridgehead atoms. The van der Waals surface area contributed by atoms with Crippen molar-refractivity contribution in [2.75, 3.05) is 0 Å². The third-order valence-electron chi connectivity index (χ3n) is 2.05. The molecule has 0 fully saturated rings. The van der Waals surface area contributed by atoms with Gasteiger partial charge in [0.25, 0.3) is 0 Å². The molecule has 1 rings (SSSR count). The largest absolute Gasteiger partial charge is 0.458 e. The van der Waals surface area contributed by atoms with Gasteiger partial charge in [-0.2, -0.15) is 27.2 Å². The molecule has 0 amide bonds. The molecule has 16 heavy (non-hydrogen) atoms. The summed E-state index contributed by atoms with van der Waals surface area (Å²) >= 11 is 0. The summed E-state index contributed by atoms with van der Waals surface area (Å²) in [5.74, 6) is -4.90. The molecule has 0 atom stereocenters. The lowest BCUT2D eigenvalue weighted by Crippen LogP contribution is -2.34. The predicted molar refractivity (Wildman–Crippen MR) is 45.8 cm³/mol. The number of hydrogen-bond acceptors (Lipinski definition) is 1. The lowest BCUT2D eigenvalue weighted by Gasteiger charge is -2.21. The van der Waals surface area contributed by atoms with E-state index in [-0.39, 0.29) is 11.1 Å². The maximum absolute atomic E-state index is 13.0. The summed E-state index contributed by atoms with van der Waals surface area (Å²) in [5.41, 5.74) is -1.35. The number of alkyl halides is 5. The molecule has 1 aromatic rings. The summed E-state index contributed by atoms with van der Waals surface area (Å²) in [7, 11) is 0. The standard InChI is InChI=1S/C10H6F5N/c1-6-4-7(5-16)2-3-8(6)9(11,12)10(13,14)15/h2-4H,1H3. The highest BCUT2D eigenvalue weighted by Crippen LogP contribution is 2.44. The molecule has 0 saturated carbocycles. The Bertz CT molecular complexity index is 442. The number of rotatable bonds is 1. The zero-order valence-corrected chi connectivity index (χ0v) is 8.07. The van der Waals surface area contributed by atoms with Gasteiger partial charge in [0.2, 0.25) is 0 Å². The van der Waals surface area contributed by atoms with Crippen LogP contribution in [0.2, 0.25) is 0 Å². The van der Waals surface area contributed by atoms with Crippen LogP contribution in [-0.2, 0) is 5.92 Å². The van der Waals surface area contributed by atoms with E-state index in [2.05, 4.69) is 0 Å².